The fourth-order valence-electron chi connectivity index (χ4n) is 1.64. The van der Waals surface area contributed by atoms with Crippen LogP contribution in [0.5, 0.6) is 5.75 Å². The number of nitrogens with zero attached hydrogens (tertiary/aromatic N) is 3. The number of rotatable bonds is 5. The van der Waals surface area contributed by atoms with Gasteiger partial charge in [0.2, 0.25) is 0 Å². The number of alkyl halides is 3. The molecular formula is C11H8F3N3O5. The van der Waals surface area contributed by atoms with Crippen molar-refractivity contribution in [2.45, 2.75) is 11.8 Å². The summed E-state index contributed by atoms with van der Waals surface area (Å²) in [6.45, 7) is -0.615. The fraction of sp³-hybridized carbons (Fsp3) is 0.364. The van der Waals surface area contributed by atoms with Gasteiger partial charge >= 0.3 is 23.5 Å². The molecule has 0 unspecified atom stereocenters. The zero-order valence-corrected chi connectivity index (χ0v) is 11.0. The number of nitro benzene ring substituents is 1. The molecule has 0 saturated carbocycles. The lowest BCUT2D eigenvalue weighted by Crippen LogP contribution is -2.30. The van der Waals surface area contributed by atoms with Gasteiger partial charge in [0.25, 0.3) is 0 Å². The van der Waals surface area contributed by atoms with Crippen LogP contribution in [0.15, 0.2) is 28.4 Å². The van der Waals surface area contributed by atoms with Crippen LogP contribution in [0.4, 0.5) is 18.9 Å². The van der Waals surface area contributed by atoms with Gasteiger partial charge in [0.1, 0.15) is 0 Å². The van der Waals surface area contributed by atoms with Crippen molar-refractivity contribution in [3.63, 3.8) is 0 Å². The molecule has 0 aromatic heterocycles. The van der Waals surface area contributed by atoms with Gasteiger partial charge in [0, 0.05) is 11.6 Å². The molecular weight excluding hydrogens is 311 g/mol. The number of benzene rings is 1. The summed E-state index contributed by atoms with van der Waals surface area (Å²) in [5.74, 6) is -1.16. The van der Waals surface area contributed by atoms with Gasteiger partial charge in [0.15, 0.2) is 12.4 Å². The highest BCUT2D eigenvalue weighted by molar-refractivity contribution is 5.71. The Labute approximate surface area is 120 Å². The summed E-state index contributed by atoms with van der Waals surface area (Å²) in [5, 5.41) is 16.9. The van der Waals surface area contributed by atoms with Crippen LogP contribution in [0.2, 0.25) is 0 Å². The molecule has 0 amide bonds. The molecule has 8 nitrogen and oxygen atoms in total. The number of hydrogen-bond donors (Lipinski definition) is 0. The lowest BCUT2D eigenvalue weighted by atomic mass is 10.0. The molecule has 22 heavy (non-hydrogen) atoms. The third-order valence-electron chi connectivity index (χ3n) is 2.83. The molecule has 118 valence electrons. The predicted octanol–water partition coefficient (Wildman–Crippen LogP) is 2.33. The molecule has 1 aromatic carbocycles. The van der Waals surface area contributed by atoms with E-state index in [1.165, 1.54) is 0 Å². The Morgan fingerprint density at radius 2 is 2.05 bits per heavy atom. The third kappa shape index (κ3) is 2.69. The van der Waals surface area contributed by atoms with E-state index in [2.05, 4.69) is 15.0 Å². The summed E-state index contributed by atoms with van der Waals surface area (Å²) in [4.78, 5) is 21.0. The summed E-state index contributed by atoms with van der Waals surface area (Å²) in [7, 11) is 1.09. The number of ether oxygens (including phenoxy) is 2. The number of carbonyl (C=O) groups excluding carboxylic acids is 1. The molecule has 0 spiro atoms. The van der Waals surface area contributed by atoms with Crippen LogP contribution in [-0.2, 0) is 15.2 Å². The van der Waals surface area contributed by atoms with Crippen LogP contribution >= 0.6 is 0 Å². The van der Waals surface area contributed by atoms with Crippen molar-refractivity contribution in [3.8, 4) is 5.75 Å². The first-order valence-corrected chi connectivity index (χ1v) is 5.70. The largest absolute Gasteiger partial charge is 0.475 e. The number of halogens is 3. The third-order valence-corrected chi connectivity index (χ3v) is 2.83. The molecule has 1 aliphatic heterocycles. The second kappa shape index (κ2) is 5.24. The zero-order chi connectivity index (χ0) is 16.5. The average Bonchev–Trinajstić information content (AvgIpc) is 3.25. The Morgan fingerprint density at radius 3 is 2.50 bits per heavy atom. The van der Waals surface area contributed by atoms with Crippen LogP contribution in [-0.4, -0.2) is 30.8 Å². The Balaban J connectivity index is 2.32. The van der Waals surface area contributed by atoms with E-state index in [0.717, 1.165) is 19.2 Å². The van der Waals surface area contributed by atoms with Crippen molar-refractivity contribution in [3.05, 3.63) is 33.9 Å². The van der Waals surface area contributed by atoms with Crippen molar-refractivity contribution in [1.29, 1.82) is 0 Å². The first-order valence-electron chi connectivity index (χ1n) is 5.70. The van der Waals surface area contributed by atoms with E-state index in [9.17, 15) is 28.1 Å². The SMILES string of the molecule is COC(=O)COc1ccc(C2(C(F)(F)F)N=N2)cc1[N+](=O)[O-]. The van der Waals surface area contributed by atoms with E-state index in [-0.39, 0.29) is 5.75 Å². The molecule has 0 fully saturated rings. The summed E-state index contributed by atoms with van der Waals surface area (Å²) in [6.07, 6.45) is -4.80. The molecule has 1 heterocycles. The standard InChI is InChI=1S/C11H8F3N3O5/c1-21-9(18)5-22-8-3-2-6(4-7(8)17(19)20)10(15-16-10)11(12,13)14/h2-4H,5H2,1H3. The molecule has 0 aliphatic carbocycles. The van der Waals surface area contributed by atoms with Gasteiger partial charge in [-0.1, -0.05) is 0 Å². The number of nitro groups is 1. The lowest BCUT2D eigenvalue weighted by molar-refractivity contribution is -0.386. The van der Waals surface area contributed by atoms with Crippen LogP contribution < -0.4 is 4.74 Å². The van der Waals surface area contributed by atoms with Crippen molar-refractivity contribution >= 4 is 11.7 Å². The highest BCUT2D eigenvalue weighted by Gasteiger charge is 2.65. The van der Waals surface area contributed by atoms with E-state index in [0.29, 0.717) is 6.07 Å². The Bertz CT molecular complexity index is 653. The quantitative estimate of drug-likeness (QED) is 0.470. The fourth-order valence-corrected chi connectivity index (χ4v) is 1.64. The predicted molar refractivity (Wildman–Crippen MR) is 63.2 cm³/mol. The maximum Gasteiger partial charge on any atom is 0.442 e. The van der Waals surface area contributed by atoms with E-state index < -0.39 is 40.6 Å². The van der Waals surface area contributed by atoms with Crippen LogP contribution in [0, 0.1) is 10.1 Å². The Kier molecular flexibility index (Phi) is 3.73. The molecule has 0 bridgehead atoms. The number of carbonyl (C=O) groups is 1. The zero-order valence-electron chi connectivity index (χ0n) is 11.0. The molecule has 1 aromatic rings. The minimum atomic E-state index is -4.80. The molecule has 0 saturated heterocycles. The first kappa shape index (κ1) is 15.7. The van der Waals surface area contributed by atoms with Crippen molar-refractivity contribution in [2.75, 3.05) is 13.7 Å². The van der Waals surface area contributed by atoms with Crippen molar-refractivity contribution in [1.82, 2.24) is 0 Å². The second-order valence-electron chi connectivity index (χ2n) is 4.17. The highest BCUT2D eigenvalue weighted by Crippen LogP contribution is 2.53. The minimum Gasteiger partial charge on any atom is -0.475 e. The van der Waals surface area contributed by atoms with Crippen molar-refractivity contribution in [2.24, 2.45) is 10.2 Å². The van der Waals surface area contributed by atoms with Crippen molar-refractivity contribution < 1.29 is 32.4 Å². The van der Waals surface area contributed by atoms with Gasteiger partial charge in [0.05, 0.1) is 12.0 Å². The number of esters is 1. The molecule has 11 heteroatoms. The summed E-state index contributed by atoms with van der Waals surface area (Å²) in [6, 6.07) is 2.57. The van der Waals surface area contributed by atoms with E-state index in [1.807, 2.05) is 0 Å². The van der Waals surface area contributed by atoms with Gasteiger partial charge in [-0.3, -0.25) is 10.1 Å². The van der Waals surface area contributed by atoms with Gasteiger partial charge in [-0.15, -0.1) is 10.2 Å². The molecule has 1 aliphatic rings. The molecule has 2 rings (SSSR count). The molecule has 0 atom stereocenters. The summed E-state index contributed by atoms with van der Waals surface area (Å²) < 4.78 is 47.8. The van der Waals surface area contributed by atoms with Crippen LogP contribution in [0.1, 0.15) is 5.56 Å². The van der Waals surface area contributed by atoms with Gasteiger partial charge < -0.3 is 9.47 Å². The summed E-state index contributed by atoms with van der Waals surface area (Å²) >= 11 is 0. The van der Waals surface area contributed by atoms with Gasteiger partial charge in [-0.25, -0.2) is 4.79 Å². The Morgan fingerprint density at radius 1 is 1.41 bits per heavy atom. The maximum absolute atomic E-state index is 12.9. The molecule has 0 radical (unpaired) electrons. The topological polar surface area (TPSA) is 103 Å². The lowest BCUT2D eigenvalue weighted by Gasteiger charge is -2.15. The van der Waals surface area contributed by atoms with Gasteiger partial charge in [-0.05, 0) is 12.1 Å². The number of methoxy groups -OCH3 is 1. The van der Waals surface area contributed by atoms with E-state index >= 15 is 0 Å². The monoisotopic (exact) mass is 319 g/mol. The van der Waals surface area contributed by atoms with Gasteiger partial charge in [-0.2, -0.15) is 13.2 Å². The number of hydrogen-bond acceptors (Lipinski definition) is 7. The smallest absolute Gasteiger partial charge is 0.442 e. The molecule has 0 N–H and O–H groups in total. The van der Waals surface area contributed by atoms with Crippen LogP contribution in [0.25, 0.3) is 0 Å². The van der Waals surface area contributed by atoms with Crippen LogP contribution in [0.3, 0.4) is 0 Å². The average molecular weight is 319 g/mol. The second-order valence-corrected chi connectivity index (χ2v) is 4.17. The minimum absolute atomic E-state index is 0.364. The van der Waals surface area contributed by atoms with E-state index in [1.54, 1.807) is 0 Å². The summed E-state index contributed by atoms with van der Waals surface area (Å²) in [5.41, 5.74) is -4.00. The first-order chi connectivity index (χ1) is 10.2. The Hall–Kier alpha value is -2.72. The van der Waals surface area contributed by atoms with E-state index in [4.69, 9.17) is 4.74 Å². The maximum atomic E-state index is 12.9. The highest BCUT2D eigenvalue weighted by atomic mass is 19.4. The normalized spacial score (nSPS) is 15.3.